The number of benzene rings is 2. The van der Waals surface area contributed by atoms with Crippen LogP contribution in [0.15, 0.2) is 60.9 Å². The molecule has 1 fully saturated rings. The number of carbonyl (C=O) groups excluding carboxylic acids is 2. The molecule has 1 heterocycles. The summed E-state index contributed by atoms with van der Waals surface area (Å²) in [6.07, 6.45) is 2.48. The lowest BCUT2D eigenvalue weighted by Crippen LogP contribution is -2.27. The zero-order chi connectivity index (χ0) is 29.8. The molecule has 1 N–H and O–H groups in total. The van der Waals surface area contributed by atoms with Gasteiger partial charge in [0.25, 0.3) is 0 Å². The van der Waals surface area contributed by atoms with E-state index < -0.39 is 23.3 Å². The van der Waals surface area contributed by atoms with Crippen LogP contribution in [0.2, 0.25) is 0 Å². The summed E-state index contributed by atoms with van der Waals surface area (Å²) in [5.74, 6) is -0.600. The summed E-state index contributed by atoms with van der Waals surface area (Å²) in [5, 5.41) is 3.13. The van der Waals surface area contributed by atoms with Crippen LogP contribution in [0.1, 0.15) is 81.0 Å². The predicted octanol–water partition coefficient (Wildman–Crippen LogP) is 8.26. The highest BCUT2D eigenvalue weighted by Gasteiger charge is 2.33. The second kappa shape index (κ2) is 12.5. The third-order valence-electron chi connectivity index (χ3n) is 7.54. The van der Waals surface area contributed by atoms with Gasteiger partial charge in [0, 0.05) is 30.1 Å². The molecule has 4 rings (SSSR count). The Balaban J connectivity index is 1.53. The molecule has 5 nitrogen and oxygen atoms in total. The molecule has 0 aliphatic heterocycles. The average Bonchev–Trinajstić information content (AvgIpc) is 3.43. The molecule has 1 amide bonds. The number of ether oxygens (including phenoxy) is 1. The number of carbonyl (C=O) groups is 2. The Morgan fingerprint density at radius 1 is 1.00 bits per heavy atom. The minimum Gasteiger partial charge on any atom is -0.460 e. The molecule has 2 aromatic carbocycles. The fourth-order valence-corrected chi connectivity index (χ4v) is 5.49. The number of alkyl halides is 3. The van der Waals surface area contributed by atoms with Crippen molar-refractivity contribution in [2.75, 3.05) is 5.32 Å². The van der Waals surface area contributed by atoms with E-state index in [0.717, 1.165) is 54.6 Å². The summed E-state index contributed by atoms with van der Waals surface area (Å²) in [4.78, 5) is 29.8. The maximum absolute atomic E-state index is 13.8. The lowest BCUT2D eigenvalue weighted by Gasteiger charge is -2.24. The summed E-state index contributed by atoms with van der Waals surface area (Å²) in [6.45, 7) is 7.44. The zero-order valence-electron chi connectivity index (χ0n) is 24.0. The first kappa shape index (κ1) is 30.3. The lowest BCUT2D eigenvalue weighted by molar-refractivity contribution is -0.154. The molecular formula is C33H37F3N2O3. The molecule has 0 bridgehead atoms. The largest absolute Gasteiger partial charge is 0.460 e. The fraction of sp³-hybridized carbons (Fsp3) is 0.424. The number of aromatic nitrogens is 1. The molecular weight excluding hydrogens is 529 g/mol. The van der Waals surface area contributed by atoms with Crippen molar-refractivity contribution in [2.24, 2.45) is 5.92 Å². The molecule has 8 heteroatoms. The van der Waals surface area contributed by atoms with E-state index in [1.165, 1.54) is 6.20 Å². The van der Waals surface area contributed by atoms with Gasteiger partial charge < -0.3 is 10.1 Å². The maximum atomic E-state index is 13.8. The Kier molecular flexibility index (Phi) is 9.20. The Labute approximate surface area is 239 Å². The van der Waals surface area contributed by atoms with Crippen LogP contribution >= 0.6 is 0 Å². The van der Waals surface area contributed by atoms with Gasteiger partial charge >= 0.3 is 12.1 Å². The van der Waals surface area contributed by atoms with Crippen LogP contribution < -0.4 is 5.32 Å². The van der Waals surface area contributed by atoms with Gasteiger partial charge in [-0.1, -0.05) is 49.2 Å². The third-order valence-corrected chi connectivity index (χ3v) is 7.54. The number of nitrogens with zero attached hydrogens (tertiary/aromatic N) is 1. The van der Waals surface area contributed by atoms with Crippen LogP contribution in [0, 0.1) is 12.8 Å². The second-order valence-corrected chi connectivity index (χ2v) is 11.8. The molecule has 41 heavy (non-hydrogen) atoms. The van der Waals surface area contributed by atoms with Gasteiger partial charge in [-0.15, -0.1) is 0 Å². The maximum Gasteiger partial charge on any atom is 0.417 e. The highest BCUT2D eigenvalue weighted by molar-refractivity contribution is 5.97. The molecule has 1 saturated carbocycles. The smallest absolute Gasteiger partial charge is 0.417 e. The van der Waals surface area contributed by atoms with Gasteiger partial charge in [0.2, 0.25) is 5.91 Å². The lowest BCUT2D eigenvalue weighted by atomic mass is 9.83. The van der Waals surface area contributed by atoms with Crippen molar-refractivity contribution in [3.8, 4) is 11.1 Å². The van der Waals surface area contributed by atoms with E-state index >= 15 is 0 Å². The molecule has 0 radical (unpaired) electrons. The Bertz CT molecular complexity index is 1370. The predicted molar refractivity (Wildman–Crippen MR) is 153 cm³/mol. The number of anilines is 1. The number of hydrogen-bond acceptors (Lipinski definition) is 4. The van der Waals surface area contributed by atoms with Crippen molar-refractivity contribution in [3.05, 3.63) is 83.2 Å². The Morgan fingerprint density at radius 3 is 2.32 bits per heavy atom. The van der Waals surface area contributed by atoms with E-state index in [-0.39, 0.29) is 24.2 Å². The number of hydrogen-bond donors (Lipinski definition) is 1. The van der Waals surface area contributed by atoms with Gasteiger partial charge in [0.15, 0.2) is 0 Å². The molecule has 1 aromatic heterocycles. The minimum absolute atomic E-state index is 0.113. The first-order chi connectivity index (χ1) is 19.3. The fourth-order valence-electron chi connectivity index (χ4n) is 5.49. The summed E-state index contributed by atoms with van der Waals surface area (Å²) in [7, 11) is 0. The monoisotopic (exact) mass is 566 g/mol. The summed E-state index contributed by atoms with van der Waals surface area (Å²) in [5.41, 5.74) is 3.03. The number of rotatable bonds is 8. The van der Waals surface area contributed by atoms with E-state index in [1.54, 1.807) is 12.1 Å². The van der Waals surface area contributed by atoms with Gasteiger partial charge in [-0.2, -0.15) is 13.2 Å². The number of esters is 1. The average molecular weight is 567 g/mol. The second-order valence-electron chi connectivity index (χ2n) is 11.8. The first-order valence-electron chi connectivity index (χ1n) is 14.1. The van der Waals surface area contributed by atoms with Crippen molar-refractivity contribution < 1.29 is 27.5 Å². The van der Waals surface area contributed by atoms with Crippen LogP contribution in [-0.2, 0) is 26.9 Å². The first-order valence-corrected chi connectivity index (χ1v) is 14.1. The van der Waals surface area contributed by atoms with Crippen molar-refractivity contribution in [3.63, 3.8) is 0 Å². The number of aryl methyl sites for hydroxylation is 1. The molecule has 218 valence electrons. The van der Waals surface area contributed by atoms with E-state index in [0.29, 0.717) is 23.2 Å². The van der Waals surface area contributed by atoms with Crippen LogP contribution in [0.3, 0.4) is 0 Å². The van der Waals surface area contributed by atoms with E-state index in [4.69, 9.17) is 4.74 Å². The van der Waals surface area contributed by atoms with E-state index in [1.807, 2.05) is 58.0 Å². The van der Waals surface area contributed by atoms with Crippen LogP contribution in [0.25, 0.3) is 11.1 Å². The number of halogens is 3. The summed E-state index contributed by atoms with van der Waals surface area (Å²) in [6, 6.07) is 13.9. The highest BCUT2D eigenvalue weighted by atomic mass is 19.4. The van der Waals surface area contributed by atoms with Crippen molar-refractivity contribution >= 4 is 17.6 Å². The van der Waals surface area contributed by atoms with Gasteiger partial charge in [-0.3, -0.25) is 14.6 Å². The number of amides is 1. The van der Waals surface area contributed by atoms with Crippen molar-refractivity contribution in [2.45, 2.75) is 83.9 Å². The highest BCUT2D eigenvalue weighted by Crippen LogP contribution is 2.39. The van der Waals surface area contributed by atoms with E-state index in [9.17, 15) is 22.8 Å². The topological polar surface area (TPSA) is 68.3 Å². The van der Waals surface area contributed by atoms with Gasteiger partial charge in [-0.05, 0) is 87.3 Å². The molecule has 3 aromatic rings. The van der Waals surface area contributed by atoms with Gasteiger partial charge in [0.05, 0.1) is 11.5 Å². The Morgan fingerprint density at radius 2 is 1.68 bits per heavy atom. The SMILES string of the molecule is Cc1c(CCC(=O)OC(C)(C)C)cccc1NC(=O)[C@@H](c1ccc(-c2cncc(C(F)(F)F)c2)cc1)C1CCCC1. The van der Waals surface area contributed by atoms with Crippen LogP contribution in [0.5, 0.6) is 0 Å². The standard InChI is InChI=1S/C33H37F3N2O3/c1-21-22(16-17-29(39)41-32(2,3)4)10-7-11-28(21)38-31(40)30(24-8-5-6-9-24)25-14-12-23(13-15-25)26-18-27(20-37-19-26)33(34,35)36/h7,10-15,18-20,24,30H,5-6,8-9,16-17H2,1-4H3,(H,38,40)/t30-/m1/s1. The molecule has 0 unspecified atom stereocenters. The van der Waals surface area contributed by atoms with Crippen LogP contribution in [-0.4, -0.2) is 22.5 Å². The van der Waals surface area contributed by atoms with Crippen molar-refractivity contribution in [1.82, 2.24) is 4.98 Å². The minimum atomic E-state index is -4.47. The van der Waals surface area contributed by atoms with E-state index in [2.05, 4.69) is 10.3 Å². The molecule has 1 aliphatic rings. The third kappa shape index (κ3) is 7.96. The summed E-state index contributed by atoms with van der Waals surface area (Å²) < 4.78 is 45.0. The quantitative estimate of drug-likeness (QED) is 0.279. The normalized spacial score (nSPS) is 15.0. The van der Waals surface area contributed by atoms with Gasteiger partial charge in [0.1, 0.15) is 5.60 Å². The molecule has 1 atom stereocenters. The summed E-state index contributed by atoms with van der Waals surface area (Å²) >= 11 is 0. The van der Waals surface area contributed by atoms with Gasteiger partial charge in [-0.25, -0.2) is 0 Å². The zero-order valence-corrected chi connectivity index (χ0v) is 24.0. The molecule has 0 spiro atoms. The number of nitrogens with one attached hydrogen (secondary N) is 1. The van der Waals surface area contributed by atoms with Crippen LogP contribution in [0.4, 0.5) is 18.9 Å². The molecule has 1 aliphatic carbocycles. The molecule has 0 saturated heterocycles. The number of pyridine rings is 1. The van der Waals surface area contributed by atoms with Crippen molar-refractivity contribution in [1.29, 1.82) is 0 Å². The Hall–Kier alpha value is -3.68.